The molecule has 2 aromatic rings. The van der Waals surface area contributed by atoms with Gasteiger partial charge < -0.3 is 9.88 Å². The van der Waals surface area contributed by atoms with E-state index in [4.69, 9.17) is 0 Å². The van der Waals surface area contributed by atoms with Crippen molar-refractivity contribution in [2.75, 3.05) is 6.54 Å². The maximum Gasteiger partial charge on any atom is 0.133 e. The summed E-state index contributed by atoms with van der Waals surface area (Å²) in [4.78, 5) is 0. The molecule has 0 bridgehead atoms. The lowest BCUT2D eigenvalue weighted by Crippen LogP contribution is -2.18. The van der Waals surface area contributed by atoms with Gasteiger partial charge in [-0.25, -0.2) is 0 Å². The maximum atomic E-state index is 4.05. The molecule has 0 atom stereocenters. The van der Waals surface area contributed by atoms with Gasteiger partial charge in [-0.1, -0.05) is 28.1 Å². The second-order valence-corrected chi connectivity index (χ2v) is 5.22. The van der Waals surface area contributed by atoms with Crippen molar-refractivity contribution < 1.29 is 0 Å². The zero-order valence-corrected chi connectivity index (χ0v) is 12.2. The van der Waals surface area contributed by atoms with Crippen molar-refractivity contribution in [2.45, 2.75) is 19.9 Å². The molecule has 0 unspecified atom stereocenters. The fourth-order valence-corrected chi connectivity index (χ4v) is 2.14. The van der Waals surface area contributed by atoms with Crippen molar-refractivity contribution in [3.05, 3.63) is 46.0 Å². The molecule has 1 aromatic carbocycles. The van der Waals surface area contributed by atoms with Crippen molar-refractivity contribution in [1.29, 1.82) is 0 Å². The van der Waals surface area contributed by atoms with Crippen molar-refractivity contribution >= 4 is 15.9 Å². The summed E-state index contributed by atoms with van der Waals surface area (Å²) in [5, 5.41) is 11.3. The molecule has 18 heavy (non-hydrogen) atoms. The van der Waals surface area contributed by atoms with Crippen LogP contribution in [0.5, 0.6) is 0 Å². The topological polar surface area (TPSA) is 42.7 Å². The fraction of sp³-hybridized carbons (Fsp3) is 0.385. The smallest absolute Gasteiger partial charge is 0.133 e. The molecule has 0 fully saturated rings. The zero-order valence-electron chi connectivity index (χ0n) is 10.7. The minimum absolute atomic E-state index is 0.872. The highest BCUT2D eigenvalue weighted by Crippen LogP contribution is 2.17. The molecular weight excluding hydrogens is 292 g/mol. The molecule has 5 heteroatoms. The van der Waals surface area contributed by atoms with Gasteiger partial charge in [0.25, 0.3) is 0 Å². The molecule has 1 aromatic heterocycles. The highest BCUT2D eigenvalue weighted by molar-refractivity contribution is 9.10. The Morgan fingerprint density at radius 2 is 2.22 bits per heavy atom. The predicted molar refractivity (Wildman–Crippen MR) is 75.3 cm³/mol. The minimum Gasteiger partial charge on any atom is -0.321 e. The number of nitrogens with zero attached hydrogens (tertiary/aromatic N) is 3. The molecule has 0 saturated heterocycles. The summed E-state index contributed by atoms with van der Waals surface area (Å²) in [7, 11) is 1.96. The standard InChI is InChI=1S/C13H17BrN4/c1-10-3-4-11(7-12(10)14)8-15-6-5-13-17-16-9-18(13)2/h3-4,7,9,15H,5-6,8H2,1-2H3. The Hall–Kier alpha value is -1.20. The number of aromatic nitrogens is 3. The molecule has 0 aliphatic rings. The number of aryl methyl sites for hydroxylation is 2. The summed E-state index contributed by atoms with van der Waals surface area (Å²) in [5.41, 5.74) is 2.54. The number of hydrogen-bond donors (Lipinski definition) is 1. The van der Waals surface area contributed by atoms with Crippen LogP contribution in [0.3, 0.4) is 0 Å². The average Bonchev–Trinajstić information content (AvgIpc) is 2.75. The summed E-state index contributed by atoms with van der Waals surface area (Å²) in [6, 6.07) is 6.43. The number of nitrogens with one attached hydrogen (secondary N) is 1. The Bertz CT molecular complexity index is 521. The Kier molecular flexibility index (Phi) is 4.49. The normalized spacial score (nSPS) is 10.8. The summed E-state index contributed by atoms with van der Waals surface area (Å²) < 4.78 is 3.11. The SMILES string of the molecule is Cc1ccc(CNCCc2nncn2C)cc1Br. The molecule has 0 saturated carbocycles. The van der Waals surface area contributed by atoms with Crippen molar-refractivity contribution in [3.63, 3.8) is 0 Å². The van der Waals surface area contributed by atoms with Gasteiger partial charge in [0.05, 0.1) is 0 Å². The average molecular weight is 309 g/mol. The first-order valence-corrected chi connectivity index (χ1v) is 6.75. The third-order valence-electron chi connectivity index (χ3n) is 2.90. The first-order chi connectivity index (χ1) is 8.66. The lowest BCUT2D eigenvalue weighted by atomic mass is 10.1. The number of hydrogen-bond acceptors (Lipinski definition) is 3. The van der Waals surface area contributed by atoms with Gasteiger partial charge in [-0.05, 0) is 24.1 Å². The van der Waals surface area contributed by atoms with E-state index in [1.54, 1.807) is 6.33 Å². The van der Waals surface area contributed by atoms with Crippen LogP contribution in [0.2, 0.25) is 0 Å². The molecule has 0 aliphatic heterocycles. The number of halogens is 1. The van der Waals surface area contributed by atoms with E-state index in [0.717, 1.165) is 29.8 Å². The van der Waals surface area contributed by atoms with Gasteiger partial charge in [-0.15, -0.1) is 10.2 Å². The zero-order chi connectivity index (χ0) is 13.0. The van der Waals surface area contributed by atoms with E-state index in [-0.39, 0.29) is 0 Å². The highest BCUT2D eigenvalue weighted by atomic mass is 79.9. The second kappa shape index (κ2) is 6.11. The molecule has 2 rings (SSSR count). The molecule has 4 nitrogen and oxygen atoms in total. The lowest BCUT2D eigenvalue weighted by Gasteiger charge is -2.06. The highest BCUT2D eigenvalue weighted by Gasteiger charge is 2.00. The van der Waals surface area contributed by atoms with Gasteiger partial charge >= 0.3 is 0 Å². The van der Waals surface area contributed by atoms with Gasteiger partial charge in [-0.3, -0.25) is 0 Å². The van der Waals surface area contributed by atoms with Crippen LogP contribution in [0.15, 0.2) is 29.0 Å². The van der Waals surface area contributed by atoms with E-state index in [1.807, 2.05) is 11.6 Å². The van der Waals surface area contributed by atoms with Crippen LogP contribution in [0, 0.1) is 6.92 Å². The third-order valence-corrected chi connectivity index (χ3v) is 3.75. The van der Waals surface area contributed by atoms with Crippen LogP contribution < -0.4 is 5.32 Å². The predicted octanol–water partition coefficient (Wildman–Crippen LogP) is 2.22. The summed E-state index contributed by atoms with van der Waals surface area (Å²) in [6.45, 7) is 3.87. The maximum absolute atomic E-state index is 4.05. The third kappa shape index (κ3) is 3.40. The van der Waals surface area contributed by atoms with Crippen LogP contribution in [0.4, 0.5) is 0 Å². The Labute approximate surface area is 116 Å². The van der Waals surface area contributed by atoms with Crippen molar-refractivity contribution in [1.82, 2.24) is 20.1 Å². The molecule has 0 amide bonds. The molecule has 96 valence electrons. The minimum atomic E-state index is 0.872. The summed E-state index contributed by atoms with van der Waals surface area (Å²) >= 11 is 3.55. The van der Waals surface area contributed by atoms with Gasteiger partial charge in [0, 0.05) is 31.0 Å². The summed E-state index contributed by atoms with van der Waals surface area (Å²) in [5.74, 6) is 1.01. The van der Waals surface area contributed by atoms with E-state index in [0.29, 0.717) is 0 Å². The largest absolute Gasteiger partial charge is 0.321 e. The fourth-order valence-electron chi connectivity index (χ4n) is 1.71. The van der Waals surface area contributed by atoms with Gasteiger partial charge in [-0.2, -0.15) is 0 Å². The monoisotopic (exact) mass is 308 g/mol. The van der Waals surface area contributed by atoms with E-state index in [2.05, 4.69) is 56.6 Å². The quantitative estimate of drug-likeness (QED) is 0.861. The van der Waals surface area contributed by atoms with Crippen LogP contribution in [-0.2, 0) is 20.0 Å². The van der Waals surface area contributed by atoms with E-state index >= 15 is 0 Å². The number of rotatable bonds is 5. The van der Waals surface area contributed by atoms with Crippen LogP contribution >= 0.6 is 15.9 Å². The Morgan fingerprint density at radius 3 is 2.89 bits per heavy atom. The molecule has 1 N–H and O–H groups in total. The van der Waals surface area contributed by atoms with Crippen LogP contribution in [-0.4, -0.2) is 21.3 Å². The lowest BCUT2D eigenvalue weighted by molar-refractivity contribution is 0.653. The molecule has 0 radical (unpaired) electrons. The molecule has 0 aliphatic carbocycles. The first-order valence-electron chi connectivity index (χ1n) is 5.95. The van der Waals surface area contributed by atoms with Crippen LogP contribution in [0.1, 0.15) is 17.0 Å². The van der Waals surface area contributed by atoms with E-state index in [1.165, 1.54) is 11.1 Å². The number of benzene rings is 1. The summed E-state index contributed by atoms with van der Waals surface area (Å²) in [6.07, 6.45) is 2.62. The molecule has 0 spiro atoms. The van der Waals surface area contributed by atoms with Crippen molar-refractivity contribution in [3.8, 4) is 0 Å². The van der Waals surface area contributed by atoms with Crippen LogP contribution in [0.25, 0.3) is 0 Å². The van der Waals surface area contributed by atoms with E-state index < -0.39 is 0 Å². The molecular formula is C13H17BrN4. The van der Waals surface area contributed by atoms with Gasteiger partial charge in [0.2, 0.25) is 0 Å². The van der Waals surface area contributed by atoms with E-state index in [9.17, 15) is 0 Å². The van der Waals surface area contributed by atoms with Gasteiger partial charge in [0.15, 0.2) is 0 Å². The Balaban J connectivity index is 1.78. The molecule has 1 heterocycles. The van der Waals surface area contributed by atoms with Crippen molar-refractivity contribution in [2.24, 2.45) is 7.05 Å². The van der Waals surface area contributed by atoms with Gasteiger partial charge in [0.1, 0.15) is 12.2 Å². The first kappa shape index (κ1) is 13.2. The Morgan fingerprint density at radius 1 is 1.39 bits per heavy atom. The second-order valence-electron chi connectivity index (χ2n) is 4.37.